The SMILES string of the molecule is CC1C/C=C\CCCCCCCCCC(=O)CC1. The topological polar surface area (TPSA) is 17.1 Å². The quantitative estimate of drug-likeness (QED) is 0.523. The molecule has 18 heavy (non-hydrogen) atoms. The number of carbonyl (C=O) groups excluding carboxylic acids is 1. The van der Waals surface area contributed by atoms with Crippen molar-refractivity contribution in [1.29, 1.82) is 0 Å². The van der Waals surface area contributed by atoms with Crippen LogP contribution in [0.4, 0.5) is 0 Å². The Morgan fingerprint density at radius 1 is 0.889 bits per heavy atom. The lowest BCUT2D eigenvalue weighted by atomic mass is 9.97. The number of Topliss-reactive ketones (excluding diaryl/α,β-unsaturated/α-hetero) is 1. The molecule has 0 aliphatic heterocycles. The first-order valence-electron chi connectivity index (χ1n) is 7.95. The van der Waals surface area contributed by atoms with Gasteiger partial charge in [-0.05, 0) is 38.0 Å². The van der Waals surface area contributed by atoms with Crippen molar-refractivity contribution in [3.8, 4) is 0 Å². The van der Waals surface area contributed by atoms with Gasteiger partial charge in [-0.3, -0.25) is 4.79 Å². The molecule has 0 radical (unpaired) electrons. The summed E-state index contributed by atoms with van der Waals surface area (Å²) in [5, 5.41) is 0. The van der Waals surface area contributed by atoms with E-state index in [1.165, 1.54) is 44.9 Å². The zero-order valence-corrected chi connectivity index (χ0v) is 12.1. The lowest BCUT2D eigenvalue weighted by Crippen LogP contribution is -2.02. The molecule has 1 atom stereocenters. The van der Waals surface area contributed by atoms with E-state index in [1.54, 1.807) is 0 Å². The van der Waals surface area contributed by atoms with Gasteiger partial charge in [0.25, 0.3) is 0 Å². The fourth-order valence-electron chi connectivity index (χ4n) is 2.56. The Kier molecular flexibility index (Phi) is 8.89. The van der Waals surface area contributed by atoms with Crippen LogP contribution >= 0.6 is 0 Å². The summed E-state index contributed by atoms with van der Waals surface area (Å²) in [7, 11) is 0. The van der Waals surface area contributed by atoms with Gasteiger partial charge in [-0.2, -0.15) is 0 Å². The van der Waals surface area contributed by atoms with Crippen LogP contribution in [0, 0.1) is 5.92 Å². The van der Waals surface area contributed by atoms with E-state index < -0.39 is 0 Å². The van der Waals surface area contributed by atoms with Gasteiger partial charge in [0.15, 0.2) is 0 Å². The summed E-state index contributed by atoms with van der Waals surface area (Å²) in [6, 6.07) is 0. The molecule has 0 aromatic rings. The third kappa shape index (κ3) is 8.49. The average molecular weight is 250 g/mol. The van der Waals surface area contributed by atoms with Crippen molar-refractivity contribution in [1.82, 2.24) is 0 Å². The molecular formula is C17H30O. The maximum Gasteiger partial charge on any atom is 0.132 e. The standard InChI is InChI=1S/C17H30O/c1-16-12-10-8-6-4-2-3-5-7-9-11-13-17(18)15-14-16/h8,10,16H,2-7,9,11-15H2,1H3/b10-8-. The van der Waals surface area contributed by atoms with Crippen LogP contribution in [0.2, 0.25) is 0 Å². The minimum atomic E-state index is 0.484. The van der Waals surface area contributed by atoms with Gasteiger partial charge in [-0.25, -0.2) is 0 Å². The third-order valence-electron chi connectivity index (χ3n) is 3.95. The molecular weight excluding hydrogens is 220 g/mol. The van der Waals surface area contributed by atoms with E-state index in [4.69, 9.17) is 0 Å². The molecule has 1 nitrogen and oxygen atoms in total. The molecule has 0 amide bonds. The average Bonchev–Trinajstić information content (AvgIpc) is 2.36. The molecule has 1 rings (SSSR count). The first kappa shape index (κ1) is 15.5. The zero-order chi connectivity index (χ0) is 13.1. The van der Waals surface area contributed by atoms with Crippen molar-refractivity contribution >= 4 is 5.78 Å². The third-order valence-corrected chi connectivity index (χ3v) is 3.95. The van der Waals surface area contributed by atoms with E-state index in [9.17, 15) is 4.79 Å². The Bertz CT molecular complexity index is 242. The maximum absolute atomic E-state index is 11.7. The van der Waals surface area contributed by atoms with Gasteiger partial charge < -0.3 is 0 Å². The highest BCUT2D eigenvalue weighted by Crippen LogP contribution is 2.15. The summed E-state index contributed by atoms with van der Waals surface area (Å²) in [6.07, 6.45) is 18.9. The molecule has 0 bridgehead atoms. The van der Waals surface area contributed by atoms with Crippen molar-refractivity contribution in [3.63, 3.8) is 0 Å². The van der Waals surface area contributed by atoms with E-state index in [0.29, 0.717) is 11.7 Å². The summed E-state index contributed by atoms with van der Waals surface area (Å²) in [5.74, 6) is 1.15. The molecule has 0 saturated carbocycles. The first-order valence-corrected chi connectivity index (χ1v) is 7.95. The second-order valence-corrected chi connectivity index (χ2v) is 5.90. The monoisotopic (exact) mass is 250 g/mol. The largest absolute Gasteiger partial charge is 0.300 e. The van der Waals surface area contributed by atoms with Crippen molar-refractivity contribution in [2.75, 3.05) is 0 Å². The van der Waals surface area contributed by atoms with Crippen LogP contribution < -0.4 is 0 Å². The van der Waals surface area contributed by atoms with Crippen LogP contribution in [0.3, 0.4) is 0 Å². The molecule has 1 aliphatic rings. The molecule has 0 N–H and O–H groups in total. The maximum atomic E-state index is 11.7. The van der Waals surface area contributed by atoms with Gasteiger partial charge in [0, 0.05) is 12.8 Å². The molecule has 1 heteroatoms. The van der Waals surface area contributed by atoms with Crippen LogP contribution in [-0.4, -0.2) is 5.78 Å². The van der Waals surface area contributed by atoms with Gasteiger partial charge in [0.2, 0.25) is 0 Å². The second kappa shape index (κ2) is 10.3. The number of carbonyl (C=O) groups is 1. The Balaban J connectivity index is 2.29. The Labute approximate surface area is 113 Å². The number of allylic oxidation sites excluding steroid dienone is 2. The van der Waals surface area contributed by atoms with Crippen LogP contribution in [0.15, 0.2) is 12.2 Å². The van der Waals surface area contributed by atoms with Gasteiger partial charge >= 0.3 is 0 Å². The smallest absolute Gasteiger partial charge is 0.132 e. The Morgan fingerprint density at radius 2 is 1.56 bits per heavy atom. The minimum Gasteiger partial charge on any atom is -0.300 e. The summed E-state index contributed by atoms with van der Waals surface area (Å²) in [5.41, 5.74) is 0. The zero-order valence-electron chi connectivity index (χ0n) is 12.1. The van der Waals surface area contributed by atoms with Crippen LogP contribution in [0.1, 0.15) is 84.0 Å². The van der Waals surface area contributed by atoms with Crippen LogP contribution in [0.5, 0.6) is 0 Å². The fourth-order valence-corrected chi connectivity index (χ4v) is 2.56. The van der Waals surface area contributed by atoms with E-state index in [-0.39, 0.29) is 0 Å². The first-order chi connectivity index (χ1) is 8.79. The molecule has 1 unspecified atom stereocenters. The Morgan fingerprint density at radius 3 is 2.33 bits per heavy atom. The molecule has 0 heterocycles. The summed E-state index contributed by atoms with van der Waals surface area (Å²) < 4.78 is 0. The molecule has 0 spiro atoms. The predicted molar refractivity (Wildman–Crippen MR) is 78.7 cm³/mol. The van der Waals surface area contributed by atoms with E-state index >= 15 is 0 Å². The second-order valence-electron chi connectivity index (χ2n) is 5.90. The van der Waals surface area contributed by atoms with Gasteiger partial charge in [0.1, 0.15) is 5.78 Å². The minimum absolute atomic E-state index is 0.484. The normalized spacial score (nSPS) is 27.8. The van der Waals surface area contributed by atoms with E-state index in [1.807, 2.05) is 0 Å². The molecule has 0 saturated heterocycles. The summed E-state index contributed by atoms with van der Waals surface area (Å²) >= 11 is 0. The molecule has 104 valence electrons. The van der Waals surface area contributed by atoms with Crippen LogP contribution in [-0.2, 0) is 4.79 Å². The molecule has 0 aromatic heterocycles. The highest BCUT2D eigenvalue weighted by Gasteiger charge is 2.06. The van der Waals surface area contributed by atoms with E-state index in [0.717, 1.165) is 32.1 Å². The van der Waals surface area contributed by atoms with Crippen molar-refractivity contribution in [2.45, 2.75) is 84.0 Å². The van der Waals surface area contributed by atoms with Gasteiger partial charge in [-0.15, -0.1) is 0 Å². The number of hydrogen-bond acceptors (Lipinski definition) is 1. The highest BCUT2D eigenvalue weighted by atomic mass is 16.1. The van der Waals surface area contributed by atoms with Gasteiger partial charge in [0.05, 0.1) is 0 Å². The molecule has 0 aromatic carbocycles. The van der Waals surface area contributed by atoms with Crippen molar-refractivity contribution in [3.05, 3.63) is 12.2 Å². The molecule has 1 aliphatic carbocycles. The summed E-state index contributed by atoms with van der Waals surface area (Å²) in [6.45, 7) is 2.26. The lowest BCUT2D eigenvalue weighted by Gasteiger charge is -2.08. The Hall–Kier alpha value is -0.590. The highest BCUT2D eigenvalue weighted by molar-refractivity contribution is 5.78. The van der Waals surface area contributed by atoms with Crippen LogP contribution in [0.25, 0.3) is 0 Å². The lowest BCUT2D eigenvalue weighted by molar-refractivity contribution is -0.119. The number of ketones is 1. The molecule has 0 fully saturated rings. The number of hydrogen-bond donors (Lipinski definition) is 0. The predicted octanol–water partition coefficient (Wildman–Crippen LogP) is 5.44. The summed E-state index contributed by atoms with van der Waals surface area (Å²) in [4.78, 5) is 11.7. The van der Waals surface area contributed by atoms with Gasteiger partial charge in [-0.1, -0.05) is 51.2 Å². The van der Waals surface area contributed by atoms with E-state index in [2.05, 4.69) is 19.1 Å². The van der Waals surface area contributed by atoms with Crippen molar-refractivity contribution < 1.29 is 4.79 Å². The fraction of sp³-hybridized carbons (Fsp3) is 0.824. The van der Waals surface area contributed by atoms with Crippen molar-refractivity contribution in [2.24, 2.45) is 5.92 Å². The number of rotatable bonds is 0.